The Morgan fingerprint density at radius 2 is 1.23 bits per heavy atom. The van der Waals surface area contributed by atoms with E-state index >= 15 is 0 Å². The summed E-state index contributed by atoms with van der Waals surface area (Å²) in [5, 5.41) is 0. The van der Waals surface area contributed by atoms with Crippen LogP contribution in [0.25, 0.3) is 22.3 Å². The molecule has 1 saturated heterocycles. The highest BCUT2D eigenvalue weighted by atomic mass is 16.8. The molecule has 0 saturated carbocycles. The number of benzene rings is 4. The van der Waals surface area contributed by atoms with Gasteiger partial charge in [-0.3, -0.25) is 14.3 Å². The molecule has 5 aromatic rings. The number of hydrogen-bond donors (Lipinski definition) is 1. The van der Waals surface area contributed by atoms with E-state index in [9.17, 15) is 24.0 Å². The molecule has 4 unspecified atom stereocenters. The number of rotatable bonds is 11. The van der Waals surface area contributed by atoms with Gasteiger partial charge in [0.15, 0.2) is 0 Å². The zero-order chi connectivity index (χ0) is 39.6. The predicted octanol–water partition coefficient (Wildman–Crippen LogP) is 8.15. The van der Waals surface area contributed by atoms with Crippen LogP contribution >= 0.6 is 0 Å². The average Bonchev–Trinajstić information content (AvgIpc) is 3.91. The summed E-state index contributed by atoms with van der Waals surface area (Å²) in [6.07, 6.45) is -1.63. The van der Waals surface area contributed by atoms with Crippen molar-refractivity contribution in [1.29, 1.82) is 0 Å². The number of esters is 1. The molecule has 4 atom stereocenters. The van der Waals surface area contributed by atoms with Crippen molar-refractivity contribution < 1.29 is 38.1 Å². The molecular formula is C45H42N2O10. The van der Waals surface area contributed by atoms with Gasteiger partial charge in [-0.1, -0.05) is 117 Å². The average molecular weight is 771 g/mol. The molecule has 2 heterocycles. The minimum Gasteiger partial charge on any atom is -0.433 e. The summed E-state index contributed by atoms with van der Waals surface area (Å²) >= 11 is 0. The van der Waals surface area contributed by atoms with Crippen molar-refractivity contribution in [3.05, 3.63) is 152 Å². The highest BCUT2D eigenvalue weighted by molar-refractivity contribution is 5.87. The van der Waals surface area contributed by atoms with Gasteiger partial charge in [0.1, 0.15) is 19.4 Å². The molecule has 12 nitrogen and oxygen atoms in total. The van der Waals surface area contributed by atoms with E-state index in [1.165, 1.54) is 0 Å². The van der Waals surface area contributed by atoms with Crippen molar-refractivity contribution in [1.82, 2.24) is 9.55 Å². The maximum atomic E-state index is 13.8. The van der Waals surface area contributed by atoms with Crippen LogP contribution in [0.3, 0.4) is 0 Å². The summed E-state index contributed by atoms with van der Waals surface area (Å²) in [6, 6.07) is 31.0. The Hall–Kier alpha value is -6.27. The molecule has 0 spiro atoms. The van der Waals surface area contributed by atoms with E-state index in [0.29, 0.717) is 18.8 Å². The van der Waals surface area contributed by atoms with Gasteiger partial charge in [-0.15, -0.1) is 0 Å². The van der Waals surface area contributed by atoms with Gasteiger partial charge in [0.2, 0.25) is 6.10 Å². The lowest BCUT2D eigenvalue weighted by Gasteiger charge is -2.21. The van der Waals surface area contributed by atoms with E-state index in [-0.39, 0.29) is 31.2 Å². The van der Waals surface area contributed by atoms with Crippen LogP contribution in [0.4, 0.5) is 9.59 Å². The number of nitrogens with zero attached hydrogens (tertiary/aromatic N) is 1. The van der Waals surface area contributed by atoms with Crippen LogP contribution in [0.2, 0.25) is 0 Å². The smallest absolute Gasteiger partial charge is 0.433 e. The lowest BCUT2D eigenvalue weighted by atomic mass is 9.98. The molecule has 1 aliphatic heterocycles. The maximum Gasteiger partial charge on any atom is 0.516 e. The number of carbonyl (C=O) groups excluding carboxylic acids is 3. The van der Waals surface area contributed by atoms with Gasteiger partial charge >= 0.3 is 24.0 Å². The molecule has 12 heteroatoms. The van der Waals surface area contributed by atoms with Crippen LogP contribution in [0.15, 0.2) is 113 Å². The third-order valence-corrected chi connectivity index (χ3v) is 11.3. The van der Waals surface area contributed by atoms with Crippen LogP contribution < -0.4 is 11.2 Å². The van der Waals surface area contributed by atoms with Gasteiger partial charge in [-0.25, -0.2) is 19.2 Å². The second-order valence-electron chi connectivity index (χ2n) is 14.8. The molecule has 8 rings (SSSR count). The van der Waals surface area contributed by atoms with Crippen LogP contribution in [-0.4, -0.2) is 47.1 Å². The van der Waals surface area contributed by atoms with E-state index < -0.39 is 47.4 Å². The SMILES string of the molecule is CCC(C)CC1CCC(n2cc(C(OC(=O)OCC3c4ccccc4-c4ccccc43)C(=O)OC(=O)OCC3c4ccccc4-c4ccccc43)c(=O)[nH]c2=O)O1. The summed E-state index contributed by atoms with van der Waals surface area (Å²) in [7, 11) is 0. The van der Waals surface area contributed by atoms with E-state index in [0.717, 1.165) is 68.1 Å². The number of aromatic nitrogens is 2. The zero-order valence-electron chi connectivity index (χ0n) is 31.6. The van der Waals surface area contributed by atoms with Gasteiger partial charge in [-0.2, -0.15) is 0 Å². The Labute approximate surface area is 328 Å². The molecule has 0 bridgehead atoms. The lowest BCUT2D eigenvalue weighted by molar-refractivity contribution is -0.151. The van der Waals surface area contributed by atoms with Crippen LogP contribution in [0.1, 0.15) is 91.5 Å². The highest BCUT2D eigenvalue weighted by Gasteiger charge is 2.37. The first-order valence-electron chi connectivity index (χ1n) is 19.3. The third kappa shape index (κ3) is 7.52. The fourth-order valence-electron chi connectivity index (χ4n) is 8.30. The van der Waals surface area contributed by atoms with Crippen molar-refractivity contribution in [3.8, 4) is 22.3 Å². The number of H-pyrrole nitrogens is 1. The molecule has 57 heavy (non-hydrogen) atoms. The zero-order valence-corrected chi connectivity index (χ0v) is 31.6. The van der Waals surface area contributed by atoms with Crippen molar-refractivity contribution in [2.24, 2.45) is 5.92 Å². The summed E-state index contributed by atoms with van der Waals surface area (Å²) in [5.74, 6) is -1.67. The number of ether oxygens (including phenoxy) is 5. The summed E-state index contributed by atoms with van der Waals surface area (Å²) in [6.45, 7) is 3.91. The fraction of sp³-hybridized carbons (Fsp3) is 0.311. The minimum atomic E-state index is -2.12. The standard InChI is InChI=1S/C45H42N2O10/c1-3-26(2)22-27-20-21-39(55-27)47-23-36(41(48)46-43(47)50)40(56-44(51)53-24-37-32-16-8-4-12-28(32)29-13-5-9-17-33(29)37)42(49)57-45(52)54-25-38-34-18-10-6-14-30(34)31-15-7-11-19-35(31)38/h4-19,23,26-27,37-40H,3,20-22,24-25H2,1-2H3,(H,46,48,50). The van der Waals surface area contributed by atoms with Crippen LogP contribution in [0, 0.1) is 5.92 Å². The Morgan fingerprint density at radius 3 is 1.74 bits per heavy atom. The summed E-state index contributed by atoms with van der Waals surface area (Å²) in [5.41, 5.74) is 5.57. The van der Waals surface area contributed by atoms with Crippen LogP contribution in [0.5, 0.6) is 0 Å². The molecule has 0 radical (unpaired) electrons. The third-order valence-electron chi connectivity index (χ3n) is 11.3. The van der Waals surface area contributed by atoms with E-state index in [2.05, 4.69) is 18.8 Å². The number of hydrogen-bond acceptors (Lipinski definition) is 10. The Morgan fingerprint density at radius 1 is 0.737 bits per heavy atom. The largest absolute Gasteiger partial charge is 0.516 e. The molecular weight excluding hydrogens is 728 g/mol. The van der Waals surface area contributed by atoms with Gasteiger partial charge in [0.25, 0.3) is 5.56 Å². The molecule has 4 aromatic carbocycles. The Kier molecular flexibility index (Phi) is 10.6. The van der Waals surface area contributed by atoms with E-state index in [4.69, 9.17) is 23.7 Å². The van der Waals surface area contributed by atoms with Crippen molar-refractivity contribution in [2.45, 2.75) is 69.8 Å². The highest BCUT2D eigenvalue weighted by Crippen LogP contribution is 2.46. The van der Waals surface area contributed by atoms with Crippen molar-refractivity contribution in [3.63, 3.8) is 0 Å². The molecule has 1 N–H and O–H groups in total. The first-order valence-corrected chi connectivity index (χ1v) is 19.3. The summed E-state index contributed by atoms with van der Waals surface area (Å²) in [4.78, 5) is 69.1. The monoisotopic (exact) mass is 770 g/mol. The minimum absolute atomic E-state index is 0.112. The topological polar surface area (TPSA) is 152 Å². The molecule has 0 amide bonds. The second kappa shape index (κ2) is 16.1. The quantitative estimate of drug-likeness (QED) is 0.103. The molecule has 292 valence electrons. The van der Waals surface area contributed by atoms with Crippen LogP contribution in [-0.2, 0) is 28.5 Å². The maximum absolute atomic E-state index is 13.8. The number of carbonyl (C=O) groups is 3. The first-order chi connectivity index (χ1) is 27.7. The van der Waals surface area contributed by atoms with E-state index in [1.54, 1.807) is 0 Å². The fourth-order valence-corrected chi connectivity index (χ4v) is 8.30. The van der Waals surface area contributed by atoms with Gasteiger partial charge in [0.05, 0.1) is 11.7 Å². The van der Waals surface area contributed by atoms with Gasteiger partial charge in [-0.05, 0) is 69.7 Å². The summed E-state index contributed by atoms with van der Waals surface area (Å²) < 4.78 is 29.0. The molecule has 2 aliphatic carbocycles. The number of fused-ring (bicyclic) bond motifs is 6. The second-order valence-corrected chi connectivity index (χ2v) is 14.8. The van der Waals surface area contributed by atoms with Gasteiger partial charge < -0.3 is 23.7 Å². The van der Waals surface area contributed by atoms with Crippen molar-refractivity contribution in [2.75, 3.05) is 13.2 Å². The Bertz CT molecular complexity index is 2360. The Balaban J connectivity index is 1.02. The number of nitrogens with one attached hydrogen (secondary N) is 1. The van der Waals surface area contributed by atoms with E-state index in [1.807, 2.05) is 97.1 Å². The normalized spacial score (nSPS) is 17.8. The molecule has 1 aromatic heterocycles. The lowest BCUT2D eigenvalue weighted by Crippen LogP contribution is -2.38. The van der Waals surface area contributed by atoms with Gasteiger partial charge in [0, 0.05) is 18.0 Å². The number of aromatic amines is 1. The predicted molar refractivity (Wildman–Crippen MR) is 209 cm³/mol. The molecule has 1 fully saturated rings. The van der Waals surface area contributed by atoms with Crippen molar-refractivity contribution >= 4 is 18.3 Å². The first kappa shape index (κ1) is 37.6. The molecule has 3 aliphatic rings.